The van der Waals surface area contributed by atoms with Gasteiger partial charge in [-0.2, -0.15) is 0 Å². The van der Waals surface area contributed by atoms with Gasteiger partial charge >= 0.3 is 0 Å². The van der Waals surface area contributed by atoms with Gasteiger partial charge in [0.2, 0.25) is 5.91 Å². The van der Waals surface area contributed by atoms with Crippen LogP contribution in [0.3, 0.4) is 0 Å². The van der Waals surface area contributed by atoms with Gasteiger partial charge in [-0.15, -0.1) is 0 Å². The second kappa shape index (κ2) is 4.75. The SMILES string of the molecule is C[C@@H](O)CNC(=O)C1(C)CCCNC1. The molecule has 1 aliphatic heterocycles. The number of nitrogens with one attached hydrogen (secondary N) is 2. The molecule has 1 unspecified atom stereocenters. The van der Waals surface area contributed by atoms with Gasteiger partial charge in [-0.05, 0) is 33.2 Å². The third-order valence-corrected chi connectivity index (χ3v) is 2.70. The summed E-state index contributed by atoms with van der Waals surface area (Å²) < 4.78 is 0. The molecule has 1 amide bonds. The Labute approximate surface area is 85.1 Å². The van der Waals surface area contributed by atoms with Crippen LogP contribution in [0.5, 0.6) is 0 Å². The average Bonchev–Trinajstić information content (AvgIpc) is 2.15. The summed E-state index contributed by atoms with van der Waals surface area (Å²) in [6.07, 6.45) is 1.49. The molecule has 1 heterocycles. The van der Waals surface area contributed by atoms with Crippen LogP contribution in [0, 0.1) is 5.41 Å². The molecule has 3 N–H and O–H groups in total. The maximum atomic E-state index is 11.8. The second-order valence-corrected chi connectivity index (χ2v) is 4.40. The third-order valence-electron chi connectivity index (χ3n) is 2.70. The minimum Gasteiger partial charge on any atom is -0.392 e. The summed E-state index contributed by atoms with van der Waals surface area (Å²) >= 11 is 0. The summed E-state index contributed by atoms with van der Waals surface area (Å²) in [5, 5.41) is 15.0. The van der Waals surface area contributed by atoms with Crippen molar-refractivity contribution in [2.75, 3.05) is 19.6 Å². The fraction of sp³-hybridized carbons (Fsp3) is 0.900. The van der Waals surface area contributed by atoms with E-state index in [1.54, 1.807) is 6.92 Å². The molecule has 82 valence electrons. The topological polar surface area (TPSA) is 61.4 Å². The summed E-state index contributed by atoms with van der Waals surface area (Å²) in [5.41, 5.74) is -0.298. The van der Waals surface area contributed by atoms with E-state index in [1.807, 2.05) is 6.92 Å². The van der Waals surface area contributed by atoms with E-state index >= 15 is 0 Å². The minimum absolute atomic E-state index is 0.0469. The molecule has 1 fully saturated rings. The van der Waals surface area contributed by atoms with Crippen molar-refractivity contribution in [3.05, 3.63) is 0 Å². The zero-order chi connectivity index (χ0) is 10.6. The summed E-state index contributed by atoms with van der Waals surface area (Å²) in [6.45, 7) is 5.71. The average molecular weight is 200 g/mol. The van der Waals surface area contributed by atoms with Crippen molar-refractivity contribution in [1.82, 2.24) is 10.6 Å². The van der Waals surface area contributed by atoms with Crippen LogP contribution in [0.15, 0.2) is 0 Å². The van der Waals surface area contributed by atoms with Crippen LogP contribution in [-0.2, 0) is 4.79 Å². The van der Waals surface area contributed by atoms with E-state index in [1.165, 1.54) is 0 Å². The first-order valence-corrected chi connectivity index (χ1v) is 5.22. The van der Waals surface area contributed by atoms with Crippen LogP contribution in [0.25, 0.3) is 0 Å². The number of piperidine rings is 1. The summed E-state index contributed by atoms with van der Waals surface area (Å²) in [6, 6.07) is 0. The van der Waals surface area contributed by atoms with Gasteiger partial charge in [-0.1, -0.05) is 0 Å². The van der Waals surface area contributed by atoms with Crippen LogP contribution >= 0.6 is 0 Å². The predicted octanol–water partition coefficient (Wildman–Crippen LogP) is -0.127. The quantitative estimate of drug-likeness (QED) is 0.595. The highest BCUT2D eigenvalue weighted by Crippen LogP contribution is 2.25. The van der Waals surface area contributed by atoms with E-state index < -0.39 is 6.10 Å². The number of rotatable bonds is 3. The van der Waals surface area contributed by atoms with E-state index in [0.29, 0.717) is 6.54 Å². The Balaban J connectivity index is 2.41. The van der Waals surface area contributed by atoms with Crippen molar-refractivity contribution in [3.63, 3.8) is 0 Å². The fourth-order valence-electron chi connectivity index (χ4n) is 1.70. The number of aliphatic hydroxyl groups excluding tert-OH is 1. The van der Waals surface area contributed by atoms with Gasteiger partial charge < -0.3 is 15.7 Å². The lowest BCUT2D eigenvalue weighted by Gasteiger charge is -2.32. The fourth-order valence-corrected chi connectivity index (χ4v) is 1.70. The molecule has 4 nitrogen and oxygen atoms in total. The van der Waals surface area contributed by atoms with Crippen molar-refractivity contribution < 1.29 is 9.90 Å². The Kier molecular flexibility index (Phi) is 3.89. The Morgan fingerprint density at radius 1 is 1.71 bits per heavy atom. The highest BCUT2D eigenvalue weighted by molar-refractivity contribution is 5.82. The molecular formula is C10H20N2O2. The van der Waals surface area contributed by atoms with Gasteiger partial charge in [0.15, 0.2) is 0 Å². The van der Waals surface area contributed by atoms with Crippen molar-refractivity contribution in [2.24, 2.45) is 5.41 Å². The first kappa shape index (κ1) is 11.5. The Morgan fingerprint density at radius 2 is 2.43 bits per heavy atom. The standard InChI is InChI=1S/C10H20N2O2/c1-8(13)6-12-9(14)10(2)4-3-5-11-7-10/h8,11,13H,3-7H2,1-2H3,(H,12,14)/t8-,10?/m1/s1. The first-order chi connectivity index (χ1) is 6.54. The number of amides is 1. The molecule has 0 aromatic carbocycles. The minimum atomic E-state index is -0.473. The van der Waals surface area contributed by atoms with Crippen molar-refractivity contribution >= 4 is 5.91 Å². The van der Waals surface area contributed by atoms with Gasteiger partial charge in [-0.3, -0.25) is 4.79 Å². The maximum absolute atomic E-state index is 11.8. The lowest BCUT2D eigenvalue weighted by atomic mass is 9.82. The predicted molar refractivity (Wildman–Crippen MR) is 54.9 cm³/mol. The number of carbonyl (C=O) groups excluding carboxylic acids is 1. The Bertz CT molecular complexity index is 198. The van der Waals surface area contributed by atoms with Crippen LogP contribution in [0.2, 0.25) is 0 Å². The van der Waals surface area contributed by atoms with E-state index in [0.717, 1.165) is 25.9 Å². The zero-order valence-corrected chi connectivity index (χ0v) is 8.97. The van der Waals surface area contributed by atoms with E-state index in [4.69, 9.17) is 5.11 Å². The Hall–Kier alpha value is -0.610. The largest absolute Gasteiger partial charge is 0.392 e. The molecule has 0 bridgehead atoms. The molecule has 2 atom stereocenters. The van der Waals surface area contributed by atoms with Crippen LogP contribution < -0.4 is 10.6 Å². The van der Waals surface area contributed by atoms with E-state index in [9.17, 15) is 4.79 Å². The zero-order valence-electron chi connectivity index (χ0n) is 8.97. The molecule has 1 rings (SSSR count). The molecule has 1 aliphatic rings. The first-order valence-electron chi connectivity index (χ1n) is 5.22. The second-order valence-electron chi connectivity index (χ2n) is 4.40. The normalized spacial score (nSPS) is 29.6. The number of hydrogen-bond donors (Lipinski definition) is 3. The molecule has 0 radical (unpaired) electrons. The highest BCUT2D eigenvalue weighted by Gasteiger charge is 2.34. The molecule has 0 saturated carbocycles. The van der Waals surface area contributed by atoms with E-state index in [-0.39, 0.29) is 11.3 Å². The Morgan fingerprint density at radius 3 is 2.93 bits per heavy atom. The molecule has 1 saturated heterocycles. The molecule has 14 heavy (non-hydrogen) atoms. The van der Waals surface area contributed by atoms with Crippen molar-refractivity contribution in [1.29, 1.82) is 0 Å². The monoisotopic (exact) mass is 200 g/mol. The van der Waals surface area contributed by atoms with E-state index in [2.05, 4.69) is 10.6 Å². The third kappa shape index (κ3) is 2.96. The van der Waals surface area contributed by atoms with Gasteiger partial charge in [0.25, 0.3) is 0 Å². The molecular weight excluding hydrogens is 180 g/mol. The van der Waals surface area contributed by atoms with Gasteiger partial charge in [0.1, 0.15) is 0 Å². The molecule has 0 aromatic rings. The smallest absolute Gasteiger partial charge is 0.227 e. The van der Waals surface area contributed by atoms with Crippen LogP contribution in [0.4, 0.5) is 0 Å². The summed E-state index contributed by atoms with van der Waals surface area (Å²) in [4.78, 5) is 11.8. The van der Waals surface area contributed by atoms with Gasteiger partial charge in [-0.25, -0.2) is 0 Å². The highest BCUT2D eigenvalue weighted by atomic mass is 16.3. The molecule has 0 spiro atoms. The van der Waals surface area contributed by atoms with Crippen molar-refractivity contribution in [2.45, 2.75) is 32.8 Å². The van der Waals surface area contributed by atoms with Crippen LogP contribution in [-0.4, -0.2) is 36.8 Å². The molecule has 0 aromatic heterocycles. The van der Waals surface area contributed by atoms with Crippen LogP contribution in [0.1, 0.15) is 26.7 Å². The lowest BCUT2D eigenvalue weighted by molar-refractivity contribution is -0.131. The lowest BCUT2D eigenvalue weighted by Crippen LogP contribution is -2.49. The van der Waals surface area contributed by atoms with Gasteiger partial charge in [0.05, 0.1) is 11.5 Å². The maximum Gasteiger partial charge on any atom is 0.227 e. The summed E-state index contributed by atoms with van der Waals surface area (Å²) in [5.74, 6) is 0.0469. The van der Waals surface area contributed by atoms with Gasteiger partial charge in [0, 0.05) is 13.1 Å². The van der Waals surface area contributed by atoms with Crippen molar-refractivity contribution in [3.8, 4) is 0 Å². The summed E-state index contributed by atoms with van der Waals surface area (Å²) in [7, 11) is 0. The molecule has 4 heteroatoms. The number of hydrogen-bond acceptors (Lipinski definition) is 3. The number of aliphatic hydroxyl groups is 1. The number of carbonyl (C=O) groups is 1. The molecule has 0 aliphatic carbocycles.